The number of nitrogens with zero attached hydrogens (tertiary/aromatic N) is 1. The molecule has 0 unspecified atom stereocenters. The predicted molar refractivity (Wildman–Crippen MR) is 123 cm³/mol. The molecule has 0 saturated heterocycles. The largest absolute Gasteiger partial charge is 0.339 e. The van der Waals surface area contributed by atoms with Gasteiger partial charge in [0.15, 0.2) is 0 Å². The molecule has 2 N–H and O–H groups in total. The molecule has 140 valence electrons. The third-order valence-electron chi connectivity index (χ3n) is 6.61. The van der Waals surface area contributed by atoms with E-state index < -0.39 is 0 Å². The summed E-state index contributed by atoms with van der Waals surface area (Å²) in [4.78, 5) is 0. The van der Waals surface area contributed by atoms with Crippen LogP contribution >= 0.6 is 0 Å². The predicted octanol–water partition coefficient (Wildman–Crippen LogP) is 6.48. The third-order valence-corrected chi connectivity index (χ3v) is 6.61. The first-order valence-electron chi connectivity index (χ1n) is 10.1. The van der Waals surface area contributed by atoms with E-state index in [9.17, 15) is 0 Å². The van der Waals surface area contributed by atoms with Crippen LogP contribution in [-0.2, 0) is 5.41 Å². The van der Waals surface area contributed by atoms with E-state index in [2.05, 4.69) is 98.8 Å². The average molecular weight is 374 g/mol. The minimum absolute atomic E-state index is 0.116. The van der Waals surface area contributed by atoms with Crippen LogP contribution in [-0.4, -0.2) is 4.68 Å². The molecule has 1 heterocycles. The van der Waals surface area contributed by atoms with E-state index >= 15 is 0 Å². The molecule has 2 heteroatoms. The number of hydrogen-bond donors (Lipinski definition) is 1. The molecule has 0 spiro atoms. The normalized spacial score (nSPS) is 14.3. The molecule has 1 aromatic heterocycles. The van der Waals surface area contributed by atoms with Gasteiger partial charge < -0.3 is 5.84 Å². The van der Waals surface area contributed by atoms with Crippen molar-refractivity contribution in [3.63, 3.8) is 0 Å². The van der Waals surface area contributed by atoms with E-state index in [1.807, 2.05) is 4.68 Å². The van der Waals surface area contributed by atoms with E-state index in [0.717, 1.165) is 11.2 Å². The first kappa shape index (κ1) is 16.4. The smallest absolute Gasteiger partial charge is 0.0785 e. The third kappa shape index (κ3) is 2.01. The van der Waals surface area contributed by atoms with Gasteiger partial charge in [-0.3, -0.25) is 4.68 Å². The second kappa shape index (κ2) is 5.51. The Morgan fingerprint density at radius 1 is 0.655 bits per heavy atom. The van der Waals surface area contributed by atoms with E-state index in [4.69, 9.17) is 5.84 Å². The zero-order chi connectivity index (χ0) is 19.8. The van der Waals surface area contributed by atoms with Crippen molar-refractivity contribution in [2.45, 2.75) is 19.3 Å². The Morgan fingerprint density at radius 3 is 2.07 bits per heavy atom. The fourth-order valence-corrected chi connectivity index (χ4v) is 5.24. The van der Waals surface area contributed by atoms with Gasteiger partial charge in [-0.25, -0.2) is 0 Å². The molecule has 6 rings (SSSR count). The van der Waals surface area contributed by atoms with Gasteiger partial charge in [0, 0.05) is 27.3 Å². The fraction of sp³-hybridized carbons (Fsp3) is 0.111. The van der Waals surface area contributed by atoms with E-state index in [1.165, 1.54) is 44.0 Å². The standard InChI is InChI=1S/C27H22N2/c1-27(2)22-13-7-5-11-19(22)24-21-16-15-17-9-3-4-10-18(17)25(21)29(28)26(24)20-12-6-8-14-23(20)27/h3-16H,28H2,1-2H3. The molecule has 0 amide bonds. The fourth-order valence-electron chi connectivity index (χ4n) is 5.24. The maximum absolute atomic E-state index is 6.87. The molecule has 5 aromatic rings. The van der Waals surface area contributed by atoms with E-state index in [0.29, 0.717) is 0 Å². The summed E-state index contributed by atoms with van der Waals surface area (Å²) in [6, 6.07) is 30.4. The molecule has 0 atom stereocenters. The summed E-state index contributed by atoms with van der Waals surface area (Å²) < 4.78 is 1.92. The minimum Gasteiger partial charge on any atom is -0.339 e. The minimum atomic E-state index is -0.116. The zero-order valence-corrected chi connectivity index (χ0v) is 16.6. The molecule has 0 radical (unpaired) electrons. The topological polar surface area (TPSA) is 30.9 Å². The highest BCUT2D eigenvalue weighted by atomic mass is 15.3. The number of benzene rings is 4. The molecule has 0 saturated carbocycles. The van der Waals surface area contributed by atoms with Gasteiger partial charge in [-0.15, -0.1) is 0 Å². The number of aromatic nitrogens is 1. The summed E-state index contributed by atoms with van der Waals surface area (Å²) in [6.45, 7) is 4.63. The Kier molecular flexibility index (Phi) is 3.12. The van der Waals surface area contributed by atoms with Crippen LogP contribution in [0.2, 0.25) is 0 Å². The van der Waals surface area contributed by atoms with Gasteiger partial charge in [-0.05, 0) is 22.1 Å². The molecule has 1 aliphatic carbocycles. The van der Waals surface area contributed by atoms with Crippen molar-refractivity contribution in [1.29, 1.82) is 0 Å². The van der Waals surface area contributed by atoms with Crippen LogP contribution in [0.3, 0.4) is 0 Å². The van der Waals surface area contributed by atoms with Crippen LogP contribution in [0.4, 0.5) is 0 Å². The lowest BCUT2D eigenvalue weighted by Crippen LogP contribution is -2.20. The van der Waals surface area contributed by atoms with Crippen molar-refractivity contribution < 1.29 is 0 Å². The molecule has 2 nitrogen and oxygen atoms in total. The van der Waals surface area contributed by atoms with Gasteiger partial charge in [0.2, 0.25) is 0 Å². The van der Waals surface area contributed by atoms with Gasteiger partial charge in [0.1, 0.15) is 0 Å². The molecular weight excluding hydrogens is 352 g/mol. The number of nitrogens with two attached hydrogens (primary N) is 1. The van der Waals surface area contributed by atoms with Crippen LogP contribution in [0.5, 0.6) is 0 Å². The monoisotopic (exact) mass is 374 g/mol. The van der Waals surface area contributed by atoms with Crippen molar-refractivity contribution in [1.82, 2.24) is 4.68 Å². The highest BCUT2D eigenvalue weighted by Crippen LogP contribution is 2.51. The Balaban J connectivity index is 1.91. The lowest BCUT2D eigenvalue weighted by atomic mass is 9.75. The Hall–Kier alpha value is -3.52. The Labute approximate surface area is 170 Å². The highest BCUT2D eigenvalue weighted by Gasteiger charge is 2.35. The highest BCUT2D eigenvalue weighted by molar-refractivity contribution is 6.16. The van der Waals surface area contributed by atoms with Gasteiger partial charge in [-0.2, -0.15) is 0 Å². The van der Waals surface area contributed by atoms with Crippen molar-refractivity contribution in [2.75, 3.05) is 5.84 Å². The van der Waals surface area contributed by atoms with E-state index in [1.54, 1.807) is 0 Å². The summed E-state index contributed by atoms with van der Waals surface area (Å²) in [5.41, 5.74) is 8.45. The van der Waals surface area contributed by atoms with Crippen LogP contribution in [0.1, 0.15) is 25.0 Å². The Morgan fingerprint density at radius 2 is 1.28 bits per heavy atom. The first-order chi connectivity index (χ1) is 14.1. The maximum atomic E-state index is 6.87. The molecule has 1 aliphatic rings. The zero-order valence-electron chi connectivity index (χ0n) is 16.6. The number of nitrogen functional groups attached to an aromatic ring is 1. The summed E-state index contributed by atoms with van der Waals surface area (Å²) in [5, 5.41) is 3.61. The number of hydrogen-bond acceptors (Lipinski definition) is 1. The summed E-state index contributed by atoms with van der Waals surface area (Å²) in [5.74, 6) is 6.87. The maximum Gasteiger partial charge on any atom is 0.0785 e. The van der Waals surface area contributed by atoms with Crippen molar-refractivity contribution in [3.8, 4) is 22.4 Å². The van der Waals surface area contributed by atoms with Crippen LogP contribution in [0, 0.1) is 0 Å². The summed E-state index contributed by atoms with van der Waals surface area (Å²) >= 11 is 0. The van der Waals surface area contributed by atoms with Gasteiger partial charge >= 0.3 is 0 Å². The molecular formula is C27H22N2. The van der Waals surface area contributed by atoms with Crippen LogP contribution in [0.15, 0.2) is 84.9 Å². The van der Waals surface area contributed by atoms with Crippen LogP contribution in [0.25, 0.3) is 44.1 Å². The molecule has 0 aliphatic heterocycles. The quantitative estimate of drug-likeness (QED) is 0.309. The molecule has 4 aromatic carbocycles. The van der Waals surface area contributed by atoms with Gasteiger partial charge in [0.05, 0.1) is 11.2 Å². The van der Waals surface area contributed by atoms with Crippen LogP contribution < -0.4 is 5.84 Å². The molecule has 0 fully saturated rings. The van der Waals surface area contributed by atoms with Gasteiger partial charge in [0.25, 0.3) is 0 Å². The second-order valence-corrected chi connectivity index (χ2v) is 8.49. The lowest BCUT2D eigenvalue weighted by Gasteiger charge is -2.28. The van der Waals surface area contributed by atoms with Crippen molar-refractivity contribution in [2.24, 2.45) is 0 Å². The van der Waals surface area contributed by atoms with Gasteiger partial charge in [-0.1, -0.05) is 98.8 Å². The Bertz CT molecular complexity index is 1440. The van der Waals surface area contributed by atoms with Crippen molar-refractivity contribution in [3.05, 3.63) is 96.1 Å². The van der Waals surface area contributed by atoms with Crippen molar-refractivity contribution >= 4 is 21.7 Å². The summed E-state index contributed by atoms with van der Waals surface area (Å²) in [6.07, 6.45) is 0. The van der Waals surface area contributed by atoms with E-state index in [-0.39, 0.29) is 5.41 Å². The average Bonchev–Trinajstić information content (AvgIpc) is 3.02. The lowest BCUT2D eigenvalue weighted by molar-refractivity contribution is 0.646. The molecule has 0 bridgehead atoms. The number of rotatable bonds is 0. The summed E-state index contributed by atoms with van der Waals surface area (Å²) in [7, 11) is 0. The SMILES string of the molecule is CC1(C)c2ccccc2-c2c(n(N)c3c2ccc2ccccc23)-c2ccccc21. The second-order valence-electron chi connectivity index (χ2n) is 8.49. The first-order valence-corrected chi connectivity index (χ1v) is 10.1. The molecule has 29 heavy (non-hydrogen) atoms. The number of fused-ring (bicyclic) bond motifs is 9.